The van der Waals surface area contributed by atoms with Crippen LogP contribution in [0, 0.1) is 0 Å². The van der Waals surface area contributed by atoms with Gasteiger partial charge in [0.1, 0.15) is 0 Å². The van der Waals surface area contributed by atoms with E-state index >= 15 is 0 Å². The Kier molecular flexibility index (Phi) is 6.32. The van der Waals surface area contributed by atoms with Crippen molar-refractivity contribution in [3.8, 4) is 0 Å². The molecule has 0 heterocycles. The van der Waals surface area contributed by atoms with Crippen molar-refractivity contribution in [3.05, 3.63) is 70.3 Å². The normalized spacial score (nSPS) is 15.7. The first kappa shape index (κ1) is 20.4. The Morgan fingerprint density at radius 1 is 1.04 bits per heavy atom. The molecule has 6 heteroatoms. The maximum absolute atomic E-state index is 13.3. The molecule has 0 unspecified atom stereocenters. The van der Waals surface area contributed by atoms with Gasteiger partial charge in [-0.2, -0.15) is 4.31 Å². The molecule has 1 aliphatic carbocycles. The van der Waals surface area contributed by atoms with E-state index in [-0.39, 0.29) is 10.9 Å². The lowest BCUT2D eigenvalue weighted by Crippen LogP contribution is -2.40. The summed E-state index contributed by atoms with van der Waals surface area (Å²) in [6.07, 6.45) is 2.35. The number of hydrogen-bond donors (Lipinski definition) is 0. The average Bonchev–Trinajstić information content (AvgIpc) is 2.67. The van der Waals surface area contributed by atoms with Gasteiger partial charge in [-0.1, -0.05) is 54.4 Å². The van der Waals surface area contributed by atoms with Crippen LogP contribution in [0.1, 0.15) is 37.8 Å². The average molecular weight is 424 g/mol. The second-order valence-corrected chi connectivity index (χ2v) is 9.54. The van der Waals surface area contributed by atoms with Gasteiger partial charge in [0.25, 0.3) is 0 Å². The van der Waals surface area contributed by atoms with Crippen molar-refractivity contribution < 1.29 is 8.42 Å². The molecule has 0 amide bonds. The lowest BCUT2D eigenvalue weighted by Gasteiger charge is -2.30. The van der Waals surface area contributed by atoms with Crippen molar-refractivity contribution >= 4 is 38.3 Å². The van der Waals surface area contributed by atoms with Crippen LogP contribution < -0.4 is 0 Å². The van der Waals surface area contributed by atoms with Crippen molar-refractivity contribution in [3.63, 3.8) is 0 Å². The number of fused-ring (bicyclic) bond motifs is 1. The summed E-state index contributed by atoms with van der Waals surface area (Å²) in [4.78, 5) is 0.250. The van der Waals surface area contributed by atoms with Crippen molar-refractivity contribution in [1.29, 1.82) is 0 Å². The predicted molar refractivity (Wildman–Crippen MR) is 113 cm³/mol. The lowest BCUT2D eigenvalue weighted by atomic mass is 9.92. The number of hydrogen-bond acceptors (Lipinski definition) is 2. The van der Waals surface area contributed by atoms with Gasteiger partial charge in [0.05, 0.1) is 4.90 Å². The molecule has 0 aromatic heterocycles. The van der Waals surface area contributed by atoms with Gasteiger partial charge in [-0.25, -0.2) is 8.42 Å². The molecule has 0 radical (unpaired) electrons. The Hall–Kier alpha value is -1.33. The van der Waals surface area contributed by atoms with Gasteiger partial charge in [-0.05, 0) is 67.2 Å². The summed E-state index contributed by atoms with van der Waals surface area (Å²) in [5, 5.41) is 1.19. The van der Waals surface area contributed by atoms with Crippen molar-refractivity contribution in [2.45, 2.75) is 44.0 Å². The molecular formula is C21H23Cl2NO2S. The molecule has 0 fully saturated rings. The van der Waals surface area contributed by atoms with Crippen LogP contribution in [-0.2, 0) is 16.4 Å². The van der Waals surface area contributed by atoms with Crippen LogP contribution in [0.5, 0.6) is 0 Å². The van der Waals surface area contributed by atoms with E-state index in [1.165, 1.54) is 5.56 Å². The number of halogens is 2. The minimum absolute atomic E-state index is 0.139. The summed E-state index contributed by atoms with van der Waals surface area (Å²) < 4.78 is 28.1. The van der Waals surface area contributed by atoms with E-state index in [1.54, 1.807) is 28.6 Å². The maximum atomic E-state index is 13.3. The third-order valence-electron chi connectivity index (χ3n) is 5.11. The van der Waals surface area contributed by atoms with E-state index in [2.05, 4.69) is 6.07 Å². The van der Waals surface area contributed by atoms with Gasteiger partial charge in [-0.3, -0.25) is 0 Å². The molecule has 3 nitrogen and oxygen atoms in total. The minimum Gasteiger partial charge on any atom is -0.207 e. The summed E-state index contributed by atoms with van der Waals surface area (Å²) in [5.41, 5.74) is 3.18. The molecular weight excluding hydrogens is 401 g/mol. The maximum Gasteiger partial charge on any atom is 0.243 e. The Balaban J connectivity index is 1.98. The van der Waals surface area contributed by atoms with Crippen LogP contribution in [0.4, 0.5) is 0 Å². The minimum atomic E-state index is -3.65. The molecule has 0 N–H and O–H groups in total. The van der Waals surface area contributed by atoms with Crippen LogP contribution in [0.25, 0.3) is 5.03 Å². The standard InChI is InChI=1S/C21H23Cl2NO2S/c1-3-15(2)24(27(25,26)19-12-10-18(22)11-13-19)14-17-9-8-16-6-4-5-7-20(16)21(17)23/h4-7,10-13,15H,3,8-9,14H2,1-2H3/t15-/m1/s1. The smallest absolute Gasteiger partial charge is 0.207 e. The second-order valence-electron chi connectivity index (χ2n) is 6.84. The van der Waals surface area contributed by atoms with Gasteiger partial charge in [0.15, 0.2) is 0 Å². The SMILES string of the molecule is CC[C@@H](C)N(CC1=C(Cl)c2ccccc2CC1)S(=O)(=O)c1ccc(Cl)cc1. The molecule has 0 aliphatic heterocycles. The third-order valence-corrected chi connectivity index (χ3v) is 7.81. The molecule has 1 aliphatic rings. The van der Waals surface area contributed by atoms with E-state index in [1.807, 2.05) is 32.0 Å². The summed E-state index contributed by atoms with van der Waals surface area (Å²) in [6.45, 7) is 4.22. The molecule has 3 rings (SSSR count). The monoisotopic (exact) mass is 423 g/mol. The zero-order valence-corrected chi connectivity index (χ0v) is 17.8. The van der Waals surface area contributed by atoms with E-state index in [9.17, 15) is 8.42 Å². The number of benzene rings is 2. The molecule has 2 aromatic rings. The Morgan fingerprint density at radius 2 is 1.70 bits per heavy atom. The van der Waals surface area contributed by atoms with E-state index in [0.29, 0.717) is 23.0 Å². The molecule has 1 atom stereocenters. The van der Waals surface area contributed by atoms with Crippen LogP contribution in [0.15, 0.2) is 59.0 Å². The van der Waals surface area contributed by atoms with Gasteiger partial charge in [-0.15, -0.1) is 0 Å². The molecule has 0 spiro atoms. The third kappa shape index (κ3) is 4.24. The summed E-state index contributed by atoms with van der Waals surface area (Å²) in [5.74, 6) is 0. The molecule has 0 saturated carbocycles. The van der Waals surface area contributed by atoms with E-state index < -0.39 is 10.0 Å². The largest absolute Gasteiger partial charge is 0.243 e. The number of sulfonamides is 1. The fourth-order valence-corrected chi connectivity index (χ4v) is 5.46. The zero-order chi connectivity index (χ0) is 19.6. The number of nitrogens with zero attached hydrogens (tertiary/aromatic N) is 1. The zero-order valence-electron chi connectivity index (χ0n) is 15.5. The Labute approximate surface area is 171 Å². The quantitative estimate of drug-likeness (QED) is 0.594. The highest BCUT2D eigenvalue weighted by molar-refractivity contribution is 7.89. The molecule has 27 heavy (non-hydrogen) atoms. The van der Waals surface area contributed by atoms with Gasteiger partial charge in [0.2, 0.25) is 10.0 Å². The van der Waals surface area contributed by atoms with Gasteiger partial charge < -0.3 is 0 Å². The number of rotatable bonds is 6. The van der Waals surface area contributed by atoms with E-state index in [4.69, 9.17) is 23.2 Å². The highest BCUT2D eigenvalue weighted by atomic mass is 35.5. The van der Waals surface area contributed by atoms with Crippen LogP contribution in [0.2, 0.25) is 5.02 Å². The highest BCUT2D eigenvalue weighted by Crippen LogP contribution is 2.35. The number of aryl methyl sites for hydroxylation is 1. The fourth-order valence-electron chi connectivity index (χ4n) is 3.30. The summed E-state index contributed by atoms with van der Waals surface area (Å²) in [6, 6.07) is 14.2. The van der Waals surface area contributed by atoms with Crippen LogP contribution >= 0.6 is 23.2 Å². The highest BCUT2D eigenvalue weighted by Gasteiger charge is 2.30. The molecule has 2 aromatic carbocycles. The van der Waals surface area contributed by atoms with Crippen LogP contribution in [0.3, 0.4) is 0 Å². The first-order chi connectivity index (χ1) is 12.8. The first-order valence-corrected chi connectivity index (χ1v) is 11.3. The second kappa shape index (κ2) is 8.36. The summed E-state index contributed by atoms with van der Waals surface area (Å²) in [7, 11) is -3.65. The van der Waals surface area contributed by atoms with Gasteiger partial charge >= 0.3 is 0 Å². The van der Waals surface area contributed by atoms with Crippen molar-refractivity contribution in [2.24, 2.45) is 0 Å². The summed E-state index contributed by atoms with van der Waals surface area (Å²) >= 11 is 12.6. The van der Waals surface area contributed by atoms with Crippen molar-refractivity contribution in [1.82, 2.24) is 4.31 Å². The first-order valence-electron chi connectivity index (χ1n) is 9.07. The Morgan fingerprint density at radius 3 is 2.37 bits per heavy atom. The molecule has 0 bridgehead atoms. The van der Waals surface area contributed by atoms with Crippen LogP contribution in [-0.4, -0.2) is 25.3 Å². The fraction of sp³-hybridized carbons (Fsp3) is 0.333. The van der Waals surface area contributed by atoms with Gasteiger partial charge in [0, 0.05) is 22.6 Å². The van der Waals surface area contributed by atoms with Crippen molar-refractivity contribution in [2.75, 3.05) is 6.54 Å². The molecule has 144 valence electrons. The predicted octanol–water partition coefficient (Wildman–Crippen LogP) is 5.73. The topological polar surface area (TPSA) is 37.4 Å². The van der Waals surface area contributed by atoms with E-state index in [0.717, 1.165) is 24.0 Å². The Bertz CT molecular complexity index is 952. The lowest BCUT2D eigenvalue weighted by molar-refractivity contribution is 0.346. The molecule has 0 saturated heterocycles.